The van der Waals surface area contributed by atoms with Crippen LogP contribution < -0.4 is 11.4 Å². The van der Waals surface area contributed by atoms with Crippen LogP contribution in [0.2, 0.25) is 0 Å². The summed E-state index contributed by atoms with van der Waals surface area (Å²) in [6.07, 6.45) is -4.97. The molecule has 1 aliphatic heterocycles. The normalized spacial score (nSPS) is 32.4. The summed E-state index contributed by atoms with van der Waals surface area (Å²) in [7, 11) is 0. The monoisotopic (exact) mass is 309 g/mol. The van der Waals surface area contributed by atoms with E-state index in [1.54, 1.807) is 6.92 Å². The van der Waals surface area contributed by atoms with Gasteiger partial charge in [0.05, 0.1) is 6.10 Å². The molecule has 0 bridgehead atoms. The molecule has 22 heavy (non-hydrogen) atoms. The highest BCUT2D eigenvalue weighted by molar-refractivity contribution is 5.30. The van der Waals surface area contributed by atoms with E-state index in [-0.39, 0.29) is 5.82 Å². The minimum Gasteiger partial charge on any atom is -0.391 e. The standard InChI is InChI=1S/C14H19N3O5/c1-4-5-14(21)11(19)10(8(3)18)22-12(14)17-7(2)6-9(15)16-13(17)20/h6,8,10-12,18-19,21H,1-3H3,(H2,15,16,20)/t8-,10-,11+,12-,14?/m1/s1. The maximum atomic E-state index is 12.1. The van der Waals surface area contributed by atoms with E-state index < -0.39 is 35.8 Å². The molecule has 1 unspecified atom stereocenters. The van der Waals surface area contributed by atoms with Crippen molar-refractivity contribution in [2.75, 3.05) is 5.73 Å². The molecule has 1 fully saturated rings. The third-order valence-electron chi connectivity index (χ3n) is 3.63. The van der Waals surface area contributed by atoms with E-state index in [2.05, 4.69) is 16.8 Å². The van der Waals surface area contributed by atoms with Crippen LogP contribution in [0.15, 0.2) is 10.9 Å². The highest BCUT2D eigenvalue weighted by Gasteiger charge is 2.57. The number of nitrogens with two attached hydrogens (primary N) is 1. The van der Waals surface area contributed by atoms with Crippen LogP contribution in [0.1, 0.15) is 25.8 Å². The van der Waals surface area contributed by atoms with Gasteiger partial charge in [0, 0.05) is 5.69 Å². The lowest BCUT2D eigenvalue weighted by atomic mass is 9.92. The van der Waals surface area contributed by atoms with Gasteiger partial charge < -0.3 is 25.8 Å². The van der Waals surface area contributed by atoms with Crippen LogP contribution in [-0.4, -0.2) is 48.8 Å². The Kier molecular flexibility index (Phi) is 4.26. The second-order valence-electron chi connectivity index (χ2n) is 5.31. The average molecular weight is 309 g/mol. The number of aromatic nitrogens is 2. The number of ether oxygens (including phenoxy) is 1. The fourth-order valence-corrected chi connectivity index (χ4v) is 2.61. The molecule has 0 spiro atoms. The Bertz CT molecular complexity index is 690. The molecule has 2 heterocycles. The van der Waals surface area contributed by atoms with Gasteiger partial charge in [0.25, 0.3) is 0 Å². The van der Waals surface area contributed by atoms with Crippen molar-refractivity contribution in [1.82, 2.24) is 9.55 Å². The summed E-state index contributed by atoms with van der Waals surface area (Å²) in [4.78, 5) is 15.7. The molecule has 5 atom stereocenters. The molecule has 1 saturated heterocycles. The summed E-state index contributed by atoms with van der Waals surface area (Å²) in [5, 5.41) is 30.7. The fourth-order valence-electron chi connectivity index (χ4n) is 2.61. The molecule has 8 heteroatoms. The van der Waals surface area contributed by atoms with Gasteiger partial charge >= 0.3 is 5.69 Å². The predicted octanol–water partition coefficient (Wildman–Crippen LogP) is -1.47. The van der Waals surface area contributed by atoms with Gasteiger partial charge in [-0.25, -0.2) is 4.79 Å². The molecule has 1 aliphatic rings. The van der Waals surface area contributed by atoms with Crippen molar-refractivity contribution >= 4 is 5.82 Å². The highest BCUT2D eigenvalue weighted by Crippen LogP contribution is 2.39. The molecule has 120 valence electrons. The van der Waals surface area contributed by atoms with Crippen molar-refractivity contribution in [1.29, 1.82) is 0 Å². The molecule has 0 aliphatic carbocycles. The SMILES string of the molecule is CC#CC1(O)[C@@H](O)[C@@H]([C@@H](C)O)O[C@H]1n1c(C)cc(N)nc1=O. The first kappa shape index (κ1) is 16.5. The van der Waals surface area contributed by atoms with Crippen molar-refractivity contribution in [3.8, 4) is 11.8 Å². The Hall–Kier alpha value is -1.92. The largest absolute Gasteiger partial charge is 0.391 e. The zero-order valence-corrected chi connectivity index (χ0v) is 12.5. The Morgan fingerprint density at radius 3 is 2.73 bits per heavy atom. The predicted molar refractivity (Wildman–Crippen MR) is 77.6 cm³/mol. The number of anilines is 1. The smallest absolute Gasteiger partial charge is 0.351 e. The number of aryl methyl sites for hydroxylation is 1. The van der Waals surface area contributed by atoms with E-state index in [0.29, 0.717) is 5.69 Å². The number of rotatable bonds is 2. The van der Waals surface area contributed by atoms with E-state index in [9.17, 15) is 20.1 Å². The maximum Gasteiger partial charge on any atom is 0.351 e. The molecular formula is C14H19N3O5. The van der Waals surface area contributed by atoms with Crippen molar-refractivity contribution in [3.05, 3.63) is 22.2 Å². The Labute approximate surface area is 127 Å². The zero-order valence-electron chi connectivity index (χ0n) is 12.5. The van der Waals surface area contributed by atoms with Crippen molar-refractivity contribution in [2.45, 2.75) is 50.9 Å². The highest BCUT2D eigenvalue weighted by atomic mass is 16.6. The molecule has 0 aromatic carbocycles. The van der Waals surface area contributed by atoms with E-state index >= 15 is 0 Å². The topological polar surface area (TPSA) is 131 Å². The molecule has 8 nitrogen and oxygen atoms in total. The quantitative estimate of drug-likeness (QED) is 0.490. The van der Waals surface area contributed by atoms with Crippen molar-refractivity contribution in [3.63, 3.8) is 0 Å². The molecule has 1 aromatic rings. The minimum atomic E-state index is -2.05. The lowest BCUT2D eigenvalue weighted by Gasteiger charge is -2.27. The number of aliphatic hydroxyl groups excluding tert-OH is 2. The first-order chi connectivity index (χ1) is 10.2. The van der Waals surface area contributed by atoms with Gasteiger partial charge in [-0.05, 0) is 26.8 Å². The Balaban J connectivity index is 2.62. The lowest BCUT2D eigenvalue weighted by molar-refractivity contribution is -0.0891. The van der Waals surface area contributed by atoms with Gasteiger partial charge in [-0.15, -0.1) is 5.92 Å². The number of aliphatic hydroxyl groups is 3. The van der Waals surface area contributed by atoms with E-state index in [1.807, 2.05) is 0 Å². The van der Waals surface area contributed by atoms with Crippen LogP contribution in [0.3, 0.4) is 0 Å². The molecule has 0 saturated carbocycles. The van der Waals surface area contributed by atoms with Gasteiger partial charge in [-0.2, -0.15) is 4.98 Å². The molecule has 2 rings (SSSR count). The number of nitrogens with zero attached hydrogens (tertiary/aromatic N) is 2. The summed E-state index contributed by atoms with van der Waals surface area (Å²) in [6.45, 7) is 4.48. The van der Waals surface area contributed by atoms with Gasteiger partial charge in [-0.1, -0.05) is 5.92 Å². The van der Waals surface area contributed by atoms with Crippen molar-refractivity contribution < 1.29 is 20.1 Å². The third-order valence-corrected chi connectivity index (χ3v) is 3.63. The summed E-state index contributed by atoms with van der Waals surface area (Å²) < 4.78 is 6.58. The average Bonchev–Trinajstić information content (AvgIpc) is 2.63. The second-order valence-corrected chi connectivity index (χ2v) is 5.31. The van der Waals surface area contributed by atoms with Crippen molar-refractivity contribution in [2.24, 2.45) is 0 Å². The van der Waals surface area contributed by atoms with E-state index in [1.165, 1.54) is 19.9 Å². The summed E-state index contributed by atoms with van der Waals surface area (Å²) >= 11 is 0. The van der Waals surface area contributed by atoms with Gasteiger partial charge in [0.2, 0.25) is 0 Å². The number of nitrogen functional groups attached to an aromatic ring is 1. The van der Waals surface area contributed by atoms with Crippen LogP contribution in [-0.2, 0) is 4.74 Å². The lowest BCUT2D eigenvalue weighted by Crippen LogP contribution is -2.49. The van der Waals surface area contributed by atoms with E-state index in [4.69, 9.17) is 10.5 Å². The second kappa shape index (κ2) is 5.70. The van der Waals surface area contributed by atoms with Crippen LogP contribution in [0.25, 0.3) is 0 Å². The fraction of sp³-hybridized carbons (Fsp3) is 0.571. The Morgan fingerprint density at radius 2 is 2.23 bits per heavy atom. The van der Waals surface area contributed by atoms with E-state index in [0.717, 1.165) is 4.57 Å². The van der Waals surface area contributed by atoms with Crippen LogP contribution >= 0.6 is 0 Å². The summed E-state index contributed by atoms with van der Waals surface area (Å²) in [5.41, 5.74) is 3.11. The first-order valence-electron chi connectivity index (χ1n) is 6.76. The molecule has 1 aromatic heterocycles. The third kappa shape index (κ3) is 2.48. The maximum absolute atomic E-state index is 12.1. The molecule has 0 amide bonds. The number of hydrogen-bond acceptors (Lipinski definition) is 7. The Morgan fingerprint density at radius 1 is 1.59 bits per heavy atom. The summed E-state index contributed by atoms with van der Waals surface area (Å²) in [5.74, 6) is 5.02. The summed E-state index contributed by atoms with van der Waals surface area (Å²) in [6, 6.07) is 1.44. The first-order valence-corrected chi connectivity index (χ1v) is 6.76. The van der Waals surface area contributed by atoms with Gasteiger partial charge in [-0.3, -0.25) is 4.57 Å². The minimum absolute atomic E-state index is 0.0366. The molecular weight excluding hydrogens is 290 g/mol. The van der Waals surface area contributed by atoms with Gasteiger partial charge in [0.15, 0.2) is 11.8 Å². The van der Waals surface area contributed by atoms with Crippen LogP contribution in [0, 0.1) is 18.8 Å². The number of hydrogen-bond donors (Lipinski definition) is 4. The zero-order chi connectivity index (χ0) is 16.7. The molecule has 0 radical (unpaired) electrons. The molecule has 5 N–H and O–H groups in total. The van der Waals surface area contributed by atoms with Crippen LogP contribution in [0.4, 0.5) is 5.82 Å². The van der Waals surface area contributed by atoms with Gasteiger partial charge in [0.1, 0.15) is 18.0 Å². The van der Waals surface area contributed by atoms with Crippen LogP contribution in [0.5, 0.6) is 0 Å².